The molecule has 3 aromatic rings. The van der Waals surface area contributed by atoms with E-state index in [-0.39, 0.29) is 17.9 Å². The van der Waals surface area contributed by atoms with E-state index < -0.39 is 5.97 Å². The second-order valence-corrected chi connectivity index (χ2v) is 7.17. The number of phenols is 2. The first-order valence-corrected chi connectivity index (χ1v) is 9.90. The first kappa shape index (κ1) is 20.5. The summed E-state index contributed by atoms with van der Waals surface area (Å²) in [6.07, 6.45) is 4.68. The Hall–Kier alpha value is -3.21. The minimum atomic E-state index is -0.836. The Kier molecular flexibility index (Phi) is 6.95. The molecule has 0 saturated carbocycles. The molecule has 0 aliphatic heterocycles. The molecule has 5 nitrogen and oxygen atoms in total. The number of para-hydroxylation sites is 1. The van der Waals surface area contributed by atoms with E-state index in [1.807, 2.05) is 42.5 Å². The van der Waals surface area contributed by atoms with Crippen LogP contribution >= 0.6 is 0 Å². The zero-order valence-electron chi connectivity index (χ0n) is 16.3. The Morgan fingerprint density at radius 2 is 1.62 bits per heavy atom. The van der Waals surface area contributed by atoms with Crippen LogP contribution in [0.4, 0.5) is 0 Å². The van der Waals surface area contributed by atoms with Crippen LogP contribution in [0.2, 0.25) is 0 Å². The normalized spacial score (nSPS) is 10.9. The number of aromatic hydroxyl groups is 2. The van der Waals surface area contributed by atoms with Crippen LogP contribution in [0.1, 0.15) is 36.8 Å². The highest BCUT2D eigenvalue weighted by atomic mass is 16.5. The summed E-state index contributed by atoms with van der Waals surface area (Å²) >= 11 is 0. The molecule has 0 saturated heterocycles. The molecule has 0 aliphatic rings. The fourth-order valence-corrected chi connectivity index (χ4v) is 3.48. The van der Waals surface area contributed by atoms with E-state index in [0.29, 0.717) is 6.61 Å². The maximum absolute atomic E-state index is 11.0. The lowest BCUT2D eigenvalue weighted by atomic mass is 10.0. The maximum Gasteiger partial charge on any atom is 0.307 e. The molecule has 0 amide bonds. The van der Waals surface area contributed by atoms with E-state index in [1.54, 1.807) is 6.07 Å². The van der Waals surface area contributed by atoms with Gasteiger partial charge in [0.1, 0.15) is 5.75 Å². The van der Waals surface area contributed by atoms with E-state index in [1.165, 1.54) is 6.07 Å². The summed E-state index contributed by atoms with van der Waals surface area (Å²) < 4.78 is 5.85. The van der Waals surface area contributed by atoms with Gasteiger partial charge in [-0.2, -0.15) is 0 Å². The molecule has 0 unspecified atom stereocenters. The van der Waals surface area contributed by atoms with Gasteiger partial charge >= 0.3 is 5.97 Å². The van der Waals surface area contributed by atoms with E-state index in [9.17, 15) is 15.0 Å². The van der Waals surface area contributed by atoms with Gasteiger partial charge in [0, 0.05) is 0 Å². The minimum absolute atomic E-state index is 0.0118. The molecule has 3 aromatic carbocycles. The monoisotopic (exact) mass is 394 g/mol. The number of ether oxygens (including phenoxy) is 1. The second-order valence-electron chi connectivity index (χ2n) is 7.17. The third-order valence-corrected chi connectivity index (χ3v) is 4.99. The number of phenolic OH excluding ortho intramolecular Hbond substituents is 2. The molecule has 3 N–H and O–H groups in total. The lowest BCUT2D eigenvalue weighted by Gasteiger charge is -2.09. The number of unbranched alkanes of at least 4 members (excludes halogenated alkanes) is 3. The maximum atomic E-state index is 11.0. The zero-order valence-corrected chi connectivity index (χ0v) is 16.3. The van der Waals surface area contributed by atoms with Crippen molar-refractivity contribution in [2.45, 2.75) is 38.5 Å². The van der Waals surface area contributed by atoms with E-state index in [0.717, 1.165) is 59.8 Å². The van der Waals surface area contributed by atoms with Crippen LogP contribution < -0.4 is 4.74 Å². The van der Waals surface area contributed by atoms with Gasteiger partial charge in [0.2, 0.25) is 0 Å². The van der Waals surface area contributed by atoms with Crippen LogP contribution in [0.15, 0.2) is 54.6 Å². The third-order valence-electron chi connectivity index (χ3n) is 4.99. The van der Waals surface area contributed by atoms with Crippen LogP contribution in [0.5, 0.6) is 17.2 Å². The standard InChI is InChI=1S/C24H26O5/c25-22-11-6-8-17(24(22)28)7-3-1-2-4-14-29-20-12-13-21-18(15-20)9-5-10-19(21)16-23(26)27/h5-6,8-13,15,25,28H,1-4,7,14,16H2,(H,26,27). The van der Waals surface area contributed by atoms with Crippen LogP contribution in [-0.2, 0) is 17.6 Å². The van der Waals surface area contributed by atoms with Crippen molar-refractivity contribution in [1.29, 1.82) is 0 Å². The number of carboxylic acids is 1. The minimum Gasteiger partial charge on any atom is -0.504 e. The Balaban J connectivity index is 1.42. The highest BCUT2D eigenvalue weighted by Gasteiger charge is 2.07. The van der Waals surface area contributed by atoms with Gasteiger partial charge in [0.25, 0.3) is 0 Å². The van der Waals surface area contributed by atoms with Crippen molar-refractivity contribution in [2.24, 2.45) is 0 Å². The Labute approximate surface area is 170 Å². The van der Waals surface area contributed by atoms with Crippen LogP contribution in [0.25, 0.3) is 10.8 Å². The number of carboxylic acid groups (broad SMARTS) is 1. The van der Waals surface area contributed by atoms with Crippen molar-refractivity contribution in [2.75, 3.05) is 6.61 Å². The van der Waals surface area contributed by atoms with Crippen molar-refractivity contribution in [3.8, 4) is 17.2 Å². The van der Waals surface area contributed by atoms with E-state index in [2.05, 4.69) is 0 Å². The summed E-state index contributed by atoms with van der Waals surface area (Å²) in [5.41, 5.74) is 1.58. The molecular weight excluding hydrogens is 368 g/mol. The molecule has 152 valence electrons. The predicted octanol–water partition coefficient (Wildman–Crippen LogP) is 5.06. The van der Waals surface area contributed by atoms with Gasteiger partial charge in [0.15, 0.2) is 11.5 Å². The number of carbonyl (C=O) groups is 1. The van der Waals surface area contributed by atoms with Crippen LogP contribution in [0, 0.1) is 0 Å². The van der Waals surface area contributed by atoms with Crippen LogP contribution in [0.3, 0.4) is 0 Å². The Morgan fingerprint density at radius 1 is 0.862 bits per heavy atom. The molecular formula is C24H26O5. The van der Waals surface area contributed by atoms with Crippen molar-refractivity contribution < 1.29 is 24.9 Å². The van der Waals surface area contributed by atoms with Gasteiger partial charge in [-0.1, -0.05) is 49.2 Å². The van der Waals surface area contributed by atoms with Gasteiger partial charge in [-0.05, 0) is 59.4 Å². The zero-order chi connectivity index (χ0) is 20.6. The number of hydrogen-bond acceptors (Lipinski definition) is 4. The average Bonchev–Trinajstić information content (AvgIpc) is 2.70. The lowest BCUT2D eigenvalue weighted by molar-refractivity contribution is -0.136. The molecule has 0 aromatic heterocycles. The molecule has 0 bridgehead atoms. The molecule has 0 fully saturated rings. The molecule has 29 heavy (non-hydrogen) atoms. The molecule has 0 radical (unpaired) electrons. The summed E-state index contributed by atoms with van der Waals surface area (Å²) in [4.78, 5) is 11.0. The highest BCUT2D eigenvalue weighted by molar-refractivity contribution is 5.89. The van der Waals surface area contributed by atoms with Gasteiger partial charge < -0.3 is 20.1 Å². The Bertz CT molecular complexity index is 980. The van der Waals surface area contributed by atoms with Crippen molar-refractivity contribution >= 4 is 16.7 Å². The molecule has 0 atom stereocenters. The van der Waals surface area contributed by atoms with Gasteiger partial charge in [-0.15, -0.1) is 0 Å². The first-order valence-electron chi connectivity index (χ1n) is 9.90. The number of hydrogen-bond donors (Lipinski definition) is 3. The fourth-order valence-electron chi connectivity index (χ4n) is 3.48. The smallest absolute Gasteiger partial charge is 0.307 e. The fraction of sp³-hybridized carbons (Fsp3) is 0.292. The average molecular weight is 394 g/mol. The predicted molar refractivity (Wildman–Crippen MR) is 113 cm³/mol. The highest BCUT2D eigenvalue weighted by Crippen LogP contribution is 2.29. The summed E-state index contributed by atoms with van der Waals surface area (Å²) in [5, 5.41) is 30.3. The quantitative estimate of drug-likeness (QED) is 0.330. The molecule has 3 rings (SSSR count). The number of rotatable bonds is 10. The van der Waals surface area contributed by atoms with Crippen molar-refractivity contribution in [3.05, 3.63) is 65.7 Å². The molecule has 0 spiro atoms. The Morgan fingerprint density at radius 3 is 2.45 bits per heavy atom. The second kappa shape index (κ2) is 9.82. The van der Waals surface area contributed by atoms with Crippen LogP contribution in [-0.4, -0.2) is 27.9 Å². The third kappa shape index (κ3) is 5.64. The van der Waals surface area contributed by atoms with Gasteiger partial charge in [-0.3, -0.25) is 4.79 Å². The largest absolute Gasteiger partial charge is 0.504 e. The van der Waals surface area contributed by atoms with Gasteiger partial charge in [-0.25, -0.2) is 0 Å². The van der Waals surface area contributed by atoms with E-state index >= 15 is 0 Å². The summed E-state index contributed by atoms with van der Waals surface area (Å²) in [6, 6.07) is 16.5. The molecule has 5 heteroatoms. The summed E-state index contributed by atoms with van der Waals surface area (Å²) in [6.45, 7) is 0.623. The van der Waals surface area contributed by atoms with Gasteiger partial charge in [0.05, 0.1) is 13.0 Å². The molecule has 0 aliphatic carbocycles. The topological polar surface area (TPSA) is 87.0 Å². The lowest BCUT2D eigenvalue weighted by Crippen LogP contribution is -2.01. The number of fused-ring (bicyclic) bond motifs is 1. The number of aliphatic carboxylic acids is 1. The van der Waals surface area contributed by atoms with E-state index in [4.69, 9.17) is 9.84 Å². The summed E-state index contributed by atoms with van der Waals surface area (Å²) in [5.74, 6) is -0.133. The number of benzene rings is 3. The number of aryl methyl sites for hydroxylation is 1. The SMILES string of the molecule is O=C(O)Cc1cccc2cc(OCCCCCCc3cccc(O)c3O)ccc12. The molecule has 0 heterocycles. The van der Waals surface area contributed by atoms with Crippen molar-refractivity contribution in [1.82, 2.24) is 0 Å². The first-order chi connectivity index (χ1) is 14.0. The van der Waals surface area contributed by atoms with Crippen molar-refractivity contribution in [3.63, 3.8) is 0 Å². The summed E-state index contributed by atoms with van der Waals surface area (Å²) in [7, 11) is 0.